The van der Waals surface area contributed by atoms with Crippen molar-refractivity contribution >= 4 is 23.9 Å². The number of hydrogen-bond acceptors (Lipinski definition) is 9. The van der Waals surface area contributed by atoms with E-state index in [1.165, 1.54) is 0 Å². The molecule has 2 fully saturated rings. The van der Waals surface area contributed by atoms with Crippen LogP contribution in [0.4, 0.5) is 0 Å². The summed E-state index contributed by atoms with van der Waals surface area (Å²) in [6.45, 7) is 2.32. The molecular weight excluding hydrogens is 504 g/mol. The van der Waals surface area contributed by atoms with E-state index in [0.717, 1.165) is 0 Å². The van der Waals surface area contributed by atoms with Crippen LogP contribution in [0, 0.1) is 5.92 Å². The van der Waals surface area contributed by atoms with Gasteiger partial charge in [0.05, 0.1) is 44.8 Å². The van der Waals surface area contributed by atoms with Crippen molar-refractivity contribution in [3.05, 3.63) is 0 Å². The maximum Gasteiger partial charge on any atom is 0.359 e. The van der Waals surface area contributed by atoms with Crippen LogP contribution in [-0.4, -0.2) is 161 Å². The predicted molar refractivity (Wildman–Crippen MR) is 134 cm³/mol. The molecule has 0 radical (unpaired) electrons. The summed E-state index contributed by atoms with van der Waals surface area (Å²) in [6, 6.07) is 0. The van der Waals surface area contributed by atoms with Gasteiger partial charge in [0.1, 0.15) is 12.6 Å². The van der Waals surface area contributed by atoms with Crippen molar-refractivity contribution < 1.29 is 53.9 Å². The molecule has 2 unspecified atom stereocenters. The molecule has 0 aromatic carbocycles. The highest BCUT2D eigenvalue weighted by Gasteiger charge is 2.35. The van der Waals surface area contributed by atoms with Crippen LogP contribution in [0.3, 0.4) is 0 Å². The molecule has 0 bridgehead atoms. The van der Waals surface area contributed by atoms with E-state index in [1.807, 2.05) is 0 Å². The minimum atomic E-state index is -1.04. The molecule has 2 rings (SSSR count). The quantitative estimate of drug-likeness (QED) is 0.151. The van der Waals surface area contributed by atoms with Gasteiger partial charge in [0.25, 0.3) is 0 Å². The van der Waals surface area contributed by atoms with Gasteiger partial charge in [-0.3, -0.25) is 24.2 Å². The lowest BCUT2D eigenvalue weighted by Gasteiger charge is -2.41. The molecule has 6 N–H and O–H groups in total. The Bertz CT molecular complexity index is 792. The monoisotopic (exact) mass is 547 g/mol. The molecule has 2 atom stereocenters. The SMILES string of the molecule is O=C(O)CN1CCNCC[N+](CC(=O)O)(CC(O)COC2CCC(C(=O)O)CC2)CCN(CC(=O)O)CC1. The van der Waals surface area contributed by atoms with Gasteiger partial charge in [0.15, 0.2) is 6.54 Å². The molecule has 1 saturated carbocycles. The first kappa shape index (κ1) is 31.9. The number of rotatable bonds is 12. The molecule has 0 spiro atoms. The smallest absolute Gasteiger partial charge is 0.359 e. The second kappa shape index (κ2) is 15.9. The molecule has 2 aliphatic rings. The van der Waals surface area contributed by atoms with E-state index in [0.29, 0.717) is 65.0 Å². The molecule has 1 aliphatic heterocycles. The van der Waals surface area contributed by atoms with Crippen molar-refractivity contribution in [1.82, 2.24) is 15.1 Å². The number of hydrogen-bond donors (Lipinski definition) is 6. The lowest BCUT2D eigenvalue weighted by Crippen LogP contribution is -2.61. The number of nitrogens with one attached hydrogen (secondary N) is 1. The topological polar surface area (TPSA) is 197 Å². The normalized spacial score (nSPS) is 27.5. The molecule has 0 aromatic rings. The Hall–Kier alpha value is -2.36. The summed E-state index contributed by atoms with van der Waals surface area (Å²) >= 11 is 0. The Morgan fingerprint density at radius 1 is 0.816 bits per heavy atom. The summed E-state index contributed by atoms with van der Waals surface area (Å²) in [5.41, 5.74) is 0. The fourth-order valence-corrected chi connectivity index (χ4v) is 5.26. The number of aliphatic hydroxyl groups is 1. The van der Waals surface area contributed by atoms with Crippen LogP contribution in [0.1, 0.15) is 25.7 Å². The highest BCUT2D eigenvalue weighted by molar-refractivity contribution is 5.70. The van der Waals surface area contributed by atoms with Gasteiger partial charge in [0, 0.05) is 39.3 Å². The van der Waals surface area contributed by atoms with Crippen molar-refractivity contribution in [2.24, 2.45) is 5.92 Å². The third-order valence-corrected chi connectivity index (χ3v) is 7.32. The second-order valence-corrected chi connectivity index (χ2v) is 10.4. The van der Waals surface area contributed by atoms with E-state index < -0.39 is 30.0 Å². The highest BCUT2D eigenvalue weighted by Crippen LogP contribution is 2.26. The number of nitrogens with zero attached hydrogens (tertiary/aromatic N) is 3. The van der Waals surface area contributed by atoms with Gasteiger partial charge in [-0.05, 0) is 25.7 Å². The number of carboxylic acid groups (broad SMARTS) is 4. The van der Waals surface area contributed by atoms with Crippen molar-refractivity contribution in [2.75, 3.05) is 85.1 Å². The molecule has 38 heavy (non-hydrogen) atoms. The first-order valence-electron chi connectivity index (χ1n) is 13.2. The molecule has 218 valence electrons. The number of aliphatic hydroxyl groups excluding tert-OH is 1. The van der Waals surface area contributed by atoms with Crippen molar-refractivity contribution in [2.45, 2.75) is 37.9 Å². The van der Waals surface area contributed by atoms with Crippen LogP contribution in [0.15, 0.2) is 0 Å². The maximum absolute atomic E-state index is 11.9. The van der Waals surface area contributed by atoms with Gasteiger partial charge < -0.3 is 40.1 Å². The van der Waals surface area contributed by atoms with Gasteiger partial charge in [-0.2, -0.15) is 0 Å². The van der Waals surface area contributed by atoms with Crippen molar-refractivity contribution in [3.63, 3.8) is 0 Å². The Morgan fingerprint density at radius 3 is 1.97 bits per heavy atom. The summed E-state index contributed by atoms with van der Waals surface area (Å²) in [7, 11) is 0. The first-order chi connectivity index (χ1) is 18.0. The first-order valence-corrected chi connectivity index (χ1v) is 13.2. The number of quaternary nitrogens is 1. The van der Waals surface area contributed by atoms with Gasteiger partial charge in [-0.1, -0.05) is 0 Å². The van der Waals surface area contributed by atoms with E-state index in [9.17, 15) is 39.6 Å². The van der Waals surface area contributed by atoms with Crippen LogP contribution in [0.25, 0.3) is 0 Å². The van der Waals surface area contributed by atoms with Crippen LogP contribution in [0.2, 0.25) is 0 Å². The van der Waals surface area contributed by atoms with Gasteiger partial charge in [0.2, 0.25) is 0 Å². The summed E-state index contributed by atoms with van der Waals surface area (Å²) in [5.74, 6) is -4.21. The Morgan fingerprint density at radius 2 is 1.42 bits per heavy atom. The fraction of sp³-hybridized carbons (Fsp3) is 0.833. The van der Waals surface area contributed by atoms with Crippen molar-refractivity contribution in [3.8, 4) is 0 Å². The Labute approximate surface area is 222 Å². The highest BCUT2D eigenvalue weighted by atomic mass is 16.5. The zero-order valence-electron chi connectivity index (χ0n) is 21.9. The molecule has 0 aromatic heterocycles. The van der Waals surface area contributed by atoms with Gasteiger partial charge in [-0.25, -0.2) is 4.79 Å². The lowest BCUT2D eigenvalue weighted by molar-refractivity contribution is -0.922. The van der Waals surface area contributed by atoms with E-state index >= 15 is 0 Å². The van der Waals surface area contributed by atoms with Crippen LogP contribution < -0.4 is 5.32 Å². The predicted octanol–water partition coefficient (Wildman–Crippen LogP) is -1.71. The molecule has 14 heteroatoms. The third-order valence-electron chi connectivity index (χ3n) is 7.32. The average Bonchev–Trinajstić information content (AvgIpc) is 2.82. The third kappa shape index (κ3) is 12.0. The molecule has 1 aliphatic carbocycles. The van der Waals surface area contributed by atoms with E-state index in [2.05, 4.69) is 5.32 Å². The Kier molecular flexibility index (Phi) is 13.3. The molecule has 0 amide bonds. The number of ether oxygens (including phenoxy) is 1. The molecule has 14 nitrogen and oxygen atoms in total. The number of carbonyl (C=O) groups is 4. The summed E-state index contributed by atoms with van der Waals surface area (Å²) in [6.07, 6.45) is 1.10. The molecule has 1 heterocycles. The van der Waals surface area contributed by atoms with Crippen LogP contribution in [-0.2, 0) is 23.9 Å². The number of carboxylic acids is 4. The minimum absolute atomic E-state index is 0.00155. The molecule has 1 saturated heterocycles. The lowest BCUT2D eigenvalue weighted by atomic mass is 9.87. The average molecular weight is 548 g/mol. The van der Waals surface area contributed by atoms with E-state index in [1.54, 1.807) is 9.80 Å². The van der Waals surface area contributed by atoms with Gasteiger partial charge >= 0.3 is 23.9 Å². The van der Waals surface area contributed by atoms with Crippen LogP contribution in [0.5, 0.6) is 0 Å². The minimum Gasteiger partial charge on any atom is -0.481 e. The van der Waals surface area contributed by atoms with Crippen molar-refractivity contribution in [1.29, 1.82) is 0 Å². The largest absolute Gasteiger partial charge is 0.481 e. The second-order valence-electron chi connectivity index (χ2n) is 10.4. The standard InChI is InChI=1S/C24H42N4O10/c29-19(17-38-20-3-1-18(2-4-20)24(36)37)15-28(16-23(34)35)11-6-25-5-7-26(13-21(30)31)8-9-27(10-12-28)14-22(32)33/h18-20,25,29H,1-17H2,(H3-,30,31,32,33,34,35,36,37)/p+1. The summed E-state index contributed by atoms with van der Waals surface area (Å²) in [5, 5.41) is 51.5. The molecular formula is C24H43N4O10+. The summed E-state index contributed by atoms with van der Waals surface area (Å²) in [4.78, 5) is 49.1. The fourth-order valence-electron chi connectivity index (χ4n) is 5.26. The van der Waals surface area contributed by atoms with Crippen LogP contribution >= 0.6 is 0 Å². The number of aliphatic carboxylic acids is 4. The zero-order chi connectivity index (χ0) is 28.1. The van der Waals surface area contributed by atoms with Gasteiger partial charge in [-0.15, -0.1) is 0 Å². The summed E-state index contributed by atoms with van der Waals surface area (Å²) < 4.78 is 5.88. The Balaban J connectivity index is 2.06. The zero-order valence-corrected chi connectivity index (χ0v) is 21.9. The van der Waals surface area contributed by atoms with E-state index in [-0.39, 0.29) is 62.4 Å². The van der Waals surface area contributed by atoms with E-state index in [4.69, 9.17) is 9.84 Å². The maximum atomic E-state index is 11.9.